The first kappa shape index (κ1) is 16.1. The summed E-state index contributed by atoms with van der Waals surface area (Å²) in [5.41, 5.74) is 1.11. The maximum Gasteiger partial charge on any atom is 0.194 e. The van der Waals surface area contributed by atoms with Crippen LogP contribution in [0.2, 0.25) is 0 Å². The van der Waals surface area contributed by atoms with Crippen molar-refractivity contribution in [3.05, 3.63) is 23.9 Å². The zero-order valence-corrected chi connectivity index (χ0v) is 13.9. The standard InChI is InChI=1S/C17H27N5O/c1-2-18-17(22-10-7-15(23)13-22)20-12-14-5-6-16(19-11-14)21-8-3-4-9-21/h5-6,11,15,23H,2-4,7-10,12-13H2,1H3,(H,18,20)/t15-/m1/s1. The summed E-state index contributed by atoms with van der Waals surface area (Å²) in [7, 11) is 0. The quantitative estimate of drug-likeness (QED) is 0.646. The fourth-order valence-corrected chi connectivity index (χ4v) is 3.17. The SMILES string of the molecule is CCNC(=NCc1ccc(N2CCCC2)nc1)N1CC[C@@H](O)C1. The van der Waals surface area contributed by atoms with Gasteiger partial charge >= 0.3 is 0 Å². The molecule has 2 aliphatic rings. The summed E-state index contributed by atoms with van der Waals surface area (Å²) in [5.74, 6) is 1.96. The average molecular weight is 317 g/mol. The molecular weight excluding hydrogens is 290 g/mol. The maximum absolute atomic E-state index is 9.70. The van der Waals surface area contributed by atoms with Gasteiger partial charge in [-0.15, -0.1) is 0 Å². The van der Waals surface area contributed by atoms with Gasteiger partial charge in [-0.3, -0.25) is 0 Å². The molecule has 1 aromatic rings. The van der Waals surface area contributed by atoms with Crippen LogP contribution in [-0.4, -0.2) is 59.8 Å². The number of aliphatic imine (C=N–C) groups is 1. The molecule has 3 rings (SSSR count). The Kier molecular flexibility index (Phi) is 5.33. The molecule has 2 N–H and O–H groups in total. The number of rotatable bonds is 4. The minimum atomic E-state index is -0.236. The lowest BCUT2D eigenvalue weighted by atomic mass is 10.3. The normalized spacial score (nSPS) is 22.0. The first-order valence-corrected chi connectivity index (χ1v) is 8.67. The van der Waals surface area contributed by atoms with Crippen molar-refractivity contribution in [3.63, 3.8) is 0 Å². The van der Waals surface area contributed by atoms with Gasteiger partial charge in [-0.2, -0.15) is 0 Å². The van der Waals surface area contributed by atoms with Crippen molar-refractivity contribution in [2.75, 3.05) is 37.6 Å². The van der Waals surface area contributed by atoms with Crippen LogP contribution in [0.15, 0.2) is 23.3 Å². The van der Waals surface area contributed by atoms with Crippen molar-refractivity contribution in [3.8, 4) is 0 Å². The van der Waals surface area contributed by atoms with Gasteiger partial charge in [0, 0.05) is 38.9 Å². The van der Waals surface area contributed by atoms with Crippen LogP contribution in [0.1, 0.15) is 31.7 Å². The van der Waals surface area contributed by atoms with E-state index in [0.717, 1.165) is 49.9 Å². The Bertz CT molecular complexity index is 524. The number of nitrogens with one attached hydrogen (secondary N) is 1. The first-order valence-electron chi connectivity index (χ1n) is 8.67. The Balaban J connectivity index is 1.62. The van der Waals surface area contributed by atoms with Gasteiger partial charge in [-0.1, -0.05) is 6.07 Å². The molecule has 0 unspecified atom stereocenters. The van der Waals surface area contributed by atoms with Gasteiger partial charge < -0.3 is 20.2 Å². The number of likely N-dealkylation sites (tertiary alicyclic amines) is 1. The molecule has 1 atom stereocenters. The molecule has 2 fully saturated rings. The van der Waals surface area contributed by atoms with Crippen LogP contribution in [0.25, 0.3) is 0 Å². The fraction of sp³-hybridized carbons (Fsp3) is 0.647. The monoisotopic (exact) mass is 317 g/mol. The van der Waals surface area contributed by atoms with Crippen LogP contribution in [0.4, 0.5) is 5.82 Å². The molecule has 0 saturated carbocycles. The zero-order chi connectivity index (χ0) is 16.1. The van der Waals surface area contributed by atoms with Crippen molar-refractivity contribution in [2.24, 2.45) is 4.99 Å². The predicted molar refractivity (Wildman–Crippen MR) is 92.7 cm³/mol. The van der Waals surface area contributed by atoms with Gasteiger partial charge in [0.2, 0.25) is 0 Å². The molecule has 3 heterocycles. The number of anilines is 1. The van der Waals surface area contributed by atoms with E-state index in [1.807, 2.05) is 6.20 Å². The zero-order valence-electron chi connectivity index (χ0n) is 13.9. The smallest absolute Gasteiger partial charge is 0.194 e. The highest BCUT2D eigenvalue weighted by molar-refractivity contribution is 5.80. The molecule has 2 saturated heterocycles. The van der Waals surface area contributed by atoms with Gasteiger partial charge in [0.1, 0.15) is 5.82 Å². The summed E-state index contributed by atoms with van der Waals surface area (Å²) < 4.78 is 0. The Morgan fingerprint density at radius 3 is 2.78 bits per heavy atom. The Hall–Kier alpha value is -1.82. The number of guanidine groups is 1. The number of aliphatic hydroxyl groups excluding tert-OH is 1. The largest absolute Gasteiger partial charge is 0.391 e. The summed E-state index contributed by atoms with van der Waals surface area (Å²) in [6.07, 6.45) is 5.04. The van der Waals surface area contributed by atoms with Gasteiger partial charge in [-0.05, 0) is 37.8 Å². The number of pyridine rings is 1. The Morgan fingerprint density at radius 2 is 2.17 bits per heavy atom. The van der Waals surface area contributed by atoms with E-state index in [-0.39, 0.29) is 6.10 Å². The van der Waals surface area contributed by atoms with E-state index < -0.39 is 0 Å². The minimum Gasteiger partial charge on any atom is -0.391 e. The van der Waals surface area contributed by atoms with Crippen LogP contribution >= 0.6 is 0 Å². The summed E-state index contributed by atoms with van der Waals surface area (Å²) in [6, 6.07) is 4.22. The third kappa shape index (κ3) is 4.13. The van der Waals surface area contributed by atoms with Crippen molar-refractivity contribution < 1.29 is 5.11 Å². The molecule has 0 spiro atoms. The fourth-order valence-electron chi connectivity index (χ4n) is 3.17. The molecule has 23 heavy (non-hydrogen) atoms. The van der Waals surface area contributed by atoms with Crippen LogP contribution in [0.3, 0.4) is 0 Å². The van der Waals surface area contributed by atoms with Crippen LogP contribution in [0, 0.1) is 0 Å². The highest BCUT2D eigenvalue weighted by Crippen LogP contribution is 2.18. The third-order valence-corrected chi connectivity index (χ3v) is 4.45. The van der Waals surface area contributed by atoms with Crippen LogP contribution < -0.4 is 10.2 Å². The number of hydrogen-bond acceptors (Lipinski definition) is 4. The van der Waals surface area contributed by atoms with Crippen molar-refractivity contribution in [2.45, 2.75) is 38.8 Å². The highest BCUT2D eigenvalue weighted by Gasteiger charge is 2.22. The highest BCUT2D eigenvalue weighted by atomic mass is 16.3. The molecule has 6 nitrogen and oxygen atoms in total. The number of nitrogens with zero attached hydrogens (tertiary/aromatic N) is 4. The van der Waals surface area contributed by atoms with E-state index in [0.29, 0.717) is 13.1 Å². The molecule has 0 aromatic carbocycles. The van der Waals surface area contributed by atoms with E-state index in [2.05, 4.69) is 39.2 Å². The molecule has 0 amide bonds. The molecule has 126 valence electrons. The lowest BCUT2D eigenvalue weighted by Gasteiger charge is -2.21. The maximum atomic E-state index is 9.70. The van der Waals surface area contributed by atoms with Crippen molar-refractivity contribution >= 4 is 11.8 Å². The number of aromatic nitrogens is 1. The molecule has 6 heteroatoms. The van der Waals surface area contributed by atoms with Crippen LogP contribution in [0.5, 0.6) is 0 Å². The van der Waals surface area contributed by atoms with Crippen molar-refractivity contribution in [1.29, 1.82) is 0 Å². The topological polar surface area (TPSA) is 64.0 Å². The minimum absolute atomic E-state index is 0.236. The summed E-state index contributed by atoms with van der Waals surface area (Å²) >= 11 is 0. The summed E-state index contributed by atoms with van der Waals surface area (Å²) in [4.78, 5) is 13.7. The number of aliphatic hydroxyl groups is 1. The van der Waals surface area contributed by atoms with E-state index in [9.17, 15) is 5.11 Å². The lowest BCUT2D eigenvalue weighted by molar-refractivity contribution is 0.188. The average Bonchev–Trinajstić information content (AvgIpc) is 3.23. The van der Waals surface area contributed by atoms with E-state index in [1.165, 1.54) is 12.8 Å². The Labute approximate surface area is 138 Å². The van der Waals surface area contributed by atoms with Gasteiger partial charge in [-0.25, -0.2) is 9.98 Å². The van der Waals surface area contributed by atoms with Gasteiger partial charge in [0.05, 0.1) is 12.6 Å². The molecular formula is C17H27N5O. The van der Waals surface area contributed by atoms with E-state index in [1.54, 1.807) is 0 Å². The predicted octanol–water partition coefficient (Wildman–Crippen LogP) is 1.21. The van der Waals surface area contributed by atoms with E-state index >= 15 is 0 Å². The van der Waals surface area contributed by atoms with Gasteiger partial charge in [0.25, 0.3) is 0 Å². The van der Waals surface area contributed by atoms with E-state index in [4.69, 9.17) is 4.99 Å². The van der Waals surface area contributed by atoms with Gasteiger partial charge in [0.15, 0.2) is 5.96 Å². The summed E-state index contributed by atoms with van der Waals surface area (Å²) in [6.45, 7) is 7.27. The number of β-amino-alcohol motifs (C(OH)–C–C–N with tert-alkyl or cyclic N) is 1. The Morgan fingerprint density at radius 1 is 1.35 bits per heavy atom. The summed E-state index contributed by atoms with van der Waals surface area (Å²) in [5, 5.41) is 13.0. The molecule has 0 aliphatic carbocycles. The second kappa shape index (κ2) is 7.64. The first-order chi connectivity index (χ1) is 11.3. The molecule has 0 radical (unpaired) electrons. The van der Waals surface area contributed by atoms with Crippen LogP contribution in [-0.2, 0) is 6.54 Å². The molecule has 1 aromatic heterocycles. The second-order valence-electron chi connectivity index (χ2n) is 6.28. The second-order valence-corrected chi connectivity index (χ2v) is 6.28. The molecule has 0 bridgehead atoms. The third-order valence-electron chi connectivity index (χ3n) is 4.45. The van der Waals surface area contributed by atoms with Crippen molar-refractivity contribution in [1.82, 2.24) is 15.2 Å². The lowest BCUT2D eigenvalue weighted by Crippen LogP contribution is -2.40. The number of hydrogen-bond donors (Lipinski definition) is 2. The molecule has 2 aliphatic heterocycles.